The number of carbonyl (C=O) groups is 1. The number of nitrogens with zero attached hydrogens (tertiary/aromatic N) is 1. The van der Waals surface area contributed by atoms with Gasteiger partial charge in [-0.2, -0.15) is 0 Å². The van der Waals surface area contributed by atoms with Crippen LogP contribution in [0.3, 0.4) is 0 Å². The van der Waals surface area contributed by atoms with Gasteiger partial charge in [-0.25, -0.2) is 4.79 Å². The SMILES string of the molecule is CC(C)C=N[S+]([O-])C(C)(C)Cc1cc(C(=O)O)cs1. The van der Waals surface area contributed by atoms with E-state index in [2.05, 4.69) is 4.40 Å². The Kier molecular flexibility index (Phi) is 5.58. The minimum atomic E-state index is -1.32. The zero-order chi connectivity index (χ0) is 14.6. The molecule has 4 nitrogen and oxygen atoms in total. The third-order valence-corrected chi connectivity index (χ3v) is 4.77. The number of hydrogen-bond donors (Lipinski definition) is 1. The van der Waals surface area contributed by atoms with Crippen molar-refractivity contribution in [1.82, 2.24) is 0 Å². The summed E-state index contributed by atoms with van der Waals surface area (Å²) in [6.07, 6.45) is 2.24. The molecular formula is C13H19NO3S2. The molecule has 1 N–H and O–H groups in total. The summed E-state index contributed by atoms with van der Waals surface area (Å²) in [7, 11) is 0. The molecule has 0 aliphatic rings. The van der Waals surface area contributed by atoms with Gasteiger partial charge in [0.1, 0.15) is 11.4 Å². The van der Waals surface area contributed by atoms with Crippen LogP contribution in [0, 0.1) is 5.92 Å². The van der Waals surface area contributed by atoms with Crippen LogP contribution in [-0.4, -0.2) is 26.6 Å². The van der Waals surface area contributed by atoms with Gasteiger partial charge in [-0.3, -0.25) is 0 Å². The van der Waals surface area contributed by atoms with E-state index in [0.29, 0.717) is 6.42 Å². The van der Waals surface area contributed by atoms with E-state index in [9.17, 15) is 9.35 Å². The number of aromatic carboxylic acids is 1. The maximum atomic E-state index is 12.1. The van der Waals surface area contributed by atoms with Gasteiger partial charge in [0.15, 0.2) is 4.75 Å². The van der Waals surface area contributed by atoms with Crippen LogP contribution in [-0.2, 0) is 17.8 Å². The van der Waals surface area contributed by atoms with E-state index in [0.717, 1.165) is 4.88 Å². The summed E-state index contributed by atoms with van der Waals surface area (Å²) in [5, 5.41) is 10.5. The van der Waals surface area contributed by atoms with E-state index in [1.54, 1.807) is 17.7 Å². The Morgan fingerprint density at radius 2 is 2.26 bits per heavy atom. The number of thiophene rings is 1. The second kappa shape index (κ2) is 6.54. The Hall–Kier alpha value is -0.850. The molecule has 0 bridgehead atoms. The van der Waals surface area contributed by atoms with Crippen molar-refractivity contribution in [3.8, 4) is 0 Å². The first-order chi connectivity index (χ1) is 8.72. The van der Waals surface area contributed by atoms with E-state index >= 15 is 0 Å². The normalized spacial score (nSPS) is 14.2. The van der Waals surface area contributed by atoms with Gasteiger partial charge in [0, 0.05) is 16.7 Å². The van der Waals surface area contributed by atoms with E-state index in [4.69, 9.17) is 5.11 Å². The fraction of sp³-hybridized carbons (Fsp3) is 0.538. The first-order valence-electron chi connectivity index (χ1n) is 5.99. The number of carboxylic acids is 1. The van der Waals surface area contributed by atoms with Gasteiger partial charge in [0.25, 0.3) is 0 Å². The molecule has 0 fully saturated rings. The molecule has 0 radical (unpaired) electrons. The average Bonchev–Trinajstić information content (AvgIpc) is 2.73. The van der Waals surface area contributed by atoms with Crippen LogP contribution in [0.1, 0.15) is 42.9 Å². The molecule has 0 spiro atoms. The number of carboxylic acid groups (broad SMARTS) is 1. The minimum Gasteiger partial charge on any atom is -0.591 e. The fourth-order valence-corrected chi connectivity index (χ4v) is 3.48. The quantitative estimate of drug-likeness (QED) is 0.648. The lowest BCUT2D eigenvalue weighted by Crippen LogP contribution is -2.32. The zero-order valence-electron chi connectivity index (χ0n) is 11.5. The molecule has 1 rings (SSSR count). The van der Waals surface area contributed by atoms with Gasteiger partial charge < -0.3 is 9.66 Å². The van der Waals surface area contributed by atoms with Crippen molar-refractivity contribution in [1.29, 1.82) is 0 Å². The lowest BCUT2D eigenvalue weighted by atomic mass is 10.1. The molecule has 1 aromatic rings. The van der Waals surface area contributed by atoms with Crippen molar-refractivity contribution in [2.24, 2.45) is 10.3 Å². The van der Waals surface area contributed by atoms with Crippen molar-refractivity contribution in [3.05, 3.63) is 21.9 Å². The van der Waals surface area contributed by atoms with Gasteiger partial charge in [-0.1, -0.05) is 18.2 Å². The Morgan fingerprint density at radius 1 is 1.63 bits per heavy atom. The van der Waals surface area contributed by atoms with Crippen molar-refractivity contribution in [2.45, 2.75) is 38.9 Å². The monoisotopic (exact) mass is 301 g/mol. The average molecular weight is 301 g/mol. The number of hydrogen-bond acceptors (Lipinski definition) is 4. The molecular weight excluding hydrogens is 282 g/mol. The molecule has 6 heteroatoms. The zero-order valence-corrected chi connectivity index (χ0v) is 13.2. The molecule has 0 saturated carbocycles. The van der Waals surface area contributed by atoms with Crippen molar-refractivity contribution < 1.29 is 14.5 Å². The van der Waals surface area contributed by atoms with Gasteiger partial charge in [-0.05, 0) is 25.8 Å². The van der Waals surface area contributed by atoms with Crippen LogP contribution in [0.25, 0.3) is 0 Å². The lowest BCUT2D eigenvalue weighted by Gasteiger charge is -2.23. The van der Waals surface area contributed by atoms with Crippen molar-refractivity contribution in [2.75, 3.05) is 0 Å². The Bertz CT molecular complexity index is 466. The molecule has 19 heavy (non-hydrogen) atoms. The molecule has 1 aromatic heterocycles. The standard InChI is InChI=1S/C13H19NO3S2/c1-9(2)7-14-19(17)13(3,4)6-11-5-10(8-18-11)12(15)16/h5,7-9H,6H2,1-4H3,(H,15,16). The summed E-state index contributed by atoms with van der Waals surface area (Å²) in [6, 6.07) is 1.64. The Balaban J connectivity index is 2.74. The third-order valence-electron chi connectivity index (χ3n) is 2.43. The van der Waals surface area contributed by atoms with Crippen molar-refractivity contribution in [3.63, 3.8) is 0 Å². The maximum Gasteiger partial charge on any atom is 0.336 e. The maximum absolute atomic E-state index is 12.1. The van der Waals surface area contributed by atoms with Crippen LogP contribution in [0.5, 0.6) is 0 Å². The van der Waals surface area contributed by atoms with E-state index in [1.165, 1.54) is 11.3 Å². The summed E-state index contributed by atoms with van der Waals surface area (Å²) >= 11 is 0.0552. The first kappa shape index (κ1) is 16.2. The minimum absolute atomic E-state index is 0.264. The summed E-state index contributed by atoms with van der Waals surface area (Å²) in [5.41, 5.74) is 0.285. The van der Waals surface area contributed by atoms with Crippen molar-refractivity contribution >= 4 is 34.9 Å². The molecule has 1 heterocycles. The number of rotatable bonds is 6. The largest absolute Gasteiger partial charge is 0.591 e. The van der Waals surface area contributed by atoms with Gasteiger partial charge >= 0.3 is 5.97 Å². The van der Waals surface area contributed by atoms with Crippen LogP contribution < -0.4 is 0 Å². The highest BCUT2D eigenvalue weighted by Crippen LogP contribution is 2.27. The van der Waals surface area contributed by atoms with E-state index in [-0.39, 0.29) is 11.5 Å². The highest BCUT2D eigenvalue weighted by Gasteiger charge is 2.33. The summed E-state index contributed by atoms with van der Waals surface area (Å²) in [4.78, 5) is 11.7. The Morgan fingerprint density at radius 3 is 2.74 bits per heavy atom. The molecule has 0 aromatic carbocycles. The highest BCUT2D eigenvalue weighted by atomic mass is 32.2. The third kappa shape index (κ3) is 4.97. The highest BCUT2D eigenvalue weighted by molar-refractivity contribution is 7.91. The van der Waals surface area contributed by atoms with E-state index in [1.807, 2.05) is 27.7 Å². The molecule has 1 unspecified atom stereocenters. The summed E-state index contributed by atoms with van der Waals surface area (Å²) in [6.45, 7) is 7.71. The van der Waals surface area contributed by atoms with E-state index < -0.39 is 22.1 Å². The lowest BCUT2D eigenvalue weighted by molar-refractivity contribution is 0.0697. The summed E-state index contributed by atoms with van der Waals surface area (Å²) < 4.78 is 15.7. The molecule has 0 saturated heterocycles. The van der Waals surface area contributed by atoms with Crippen LogP contribution in [0.15, 0.2) is 15.8 Å². The van der Waals surface area contributed by atoms with Crippen LogP contribution in [0.4, 0.5) is 0 Å². The molecule has 106 valence electrons. The predicted molar refractivity (Wildman–Crippen MR) is 80.5 cm³/mol. The first-order valence-corrected chi connectivity index (χ1v) is 7.98. The smallest absolute Gasteiger partial charge is 0.336 e. The molecule has 0 amide bonds. The Labute approximate surface area is 120 Å². The van der Waals surface area contributed by atoms with Crippen LogP contribution >= 0.6 is 11.3 Å². The molecule has 1 atom stereocenters. The van der Waals surface area contributed by atoms with Gasteiger partial charge in [0.05, 0.1) is 11.8 Å². The molecule has 0 aliphatic heterocycles. The van der Waals surface area contributed by atoms with Gasteiger partial charge in [-0.15, -0.1) is 11.3 Å². The summed E-state index contributed by atoms with van der Waals surface area (Å²) in [5.74, 6) is -0.667. The van der Waals surface area contributed by atoms with Crippen LogP contribution in [0.2, 0.25) is 0 Å². The predicted octanol–water partition coefficient (Wildman–Crippen LogP) is 3.16. The second-order valence-corrected chi connectivity index (χ2v) is 8.10. The fourth-order valence-electron chi connectivity index (χ4n) is 1.39. The van der Waals surface area contributed by atoms with Gasteiger partial charge in [0.2, 0.25) is 0 Å². The molecule has 0 aliphatic carbocycles. The second-order valence-electron chi connectivity index (χ2n) is 5.29. The topological polar surface area (TPSA) is 72.7 Å².